The highest BCUT2D eigenvalue weighted by Crippen LogP contribution is 2.21. The lowest BCUT2D eigenvalue weighted by molar-refractivity contribution is 0.126. The summed E-state index contributed by atoms with van der Waals surface area (Å²) in [7, 11) is 0. The molecule has 112 valence electrons. The van der Waals surface area contributed by atoms with Gasteiger partial charge in [0.15, 0.2) is 0 Å². The molecule has 2 fully saturated rings. The topological polar surface area (TPSA) is 38.7 Å². The maximum atomic E-state index is 9.65. The van der Waals surface area contributed by atoms with Crippen molar-refractivity contribution >= 4 is 0 Å². The van der Waals surface area contributed by atoms with Crippen LogP contribution in [-0.2, 0) is 0 Å². The number of hydrogen-bond donors (Lipinski definition) is 2. The molecule has 0 aromatic rings. The van der Waals surface area contributed by atoms with Crippen LogP contribution in [0.3, 0.4) is 0 Å². The van der Waals surface area contributed by atoms with E-state index in [4.69, 9.17) is 0 Å². The summed E-state index contributed by atoms with van der Waals surface area (Å²) in [5.41, 5.74) is -0.143. The molecule has 0 radical (unpaired) electrons. The molecular weight excluding hydrogens is 238 g/mol. The summed E-state index contributed by atoms with van der Waals surface area (Å²) < 4.78 is 0. The number of hydrogen-bond acceptors (Lipinski definition) is 4. The summed E-state index contributed by atoms with van der Waals surface area (Å²) in [4.78, 5) is 5.19. The first-order valence-electron chi connectivity index (χ1n) is 7.99. The van der Waals surface area contributed by atoms with Crippen LogP contribution >= 0.6 is 0 Å². The van der Waals surface area contributed by atoms with Crippen molar-refractivity contribution in [1.29, 1.82) is 0 Å². The summed E-state index contributed by atoms with van der Waals surface area (Å²) >= 11 is 0. The van der Waals surface area contributed by atoms with E-state index in [2.05, 4.69) is 29.0 Å². The van der Waals surface area contributed by atoms with Crippen molar-refractivity contribution < 1.29 is 5.11 Å². The smallest absolute Gasteiger partial charge is 0.0623 e. The Balaban J connectivity index is 1.79. The second kappa shape index (κ2) is 7.02. The van der Waals surface area contributed by atoms with Crippen LogP contribution in [0.5, 0.6) is 0 Å². The lowest BCUT2D eigenvalue weighted by Gasteiger charge is -2.33. The minimum absolute atomic E-state index is 0.143. The highest BCUT2D eigenvalue weighted by atomic mass is 16.3. The van der Waals surface area contributed by atoms with Gasteiger partial charge in [-0.05, 0) is 58.8 Å². The molecule has 0 aliphatic carbocycles. The Morgan fingerprint density at radius 2 is 2.00 bits per heavy atom. The monoisotopic (exact) mass is 269 g/mol. The molecule has 2 aliphatic heterocycles. The molecule has 0 amide bonds. The summed E-state index contributed by atoms with van der Waals surface area (Å²) in [6.45, 7) is 11.4. The van der Waals surface area contributed by atoms with Gasteiger partial charge in [0.25, 0.3) is 0 Å². The predicted octanol–water partition coefficient (Wildman–Crippen LogP) is 0.907. The standard InChI is InChI=1S/C15H31N3O/c1-3-7-16-15(2,13-19)12-17-10-6-14(11-17)18-8-4-5-9-18/h14,16,19H,3-13H2,1-2H3. The Bertz CT molecular complexity index is 268. The van der Waals surface area contributed by atoms with Gasteiger partial charge in [-0.3, -0.25) is 9.80 Å². The zero-order valence-corrected chi connectivity index (χ0v) is 12.7. The molecule has 2 saturated heterocycles. The lowest BCUT2D eigenvalue weighted by atomic mass is 10.0. The number of nitrogens with one attached hydrogen (secondary N) is 1. The molecule has 2 rings (SSSR count). The fraction of sp³-hybridized carbons (Fsp3) is 1.00. The summed E-state index contributed by atoms with van der Waals surface area (Å²) in [6.07, 6.45) is 5.17. The molecule has 2 heterocycles. The molecule has 0 aromatic carbocycles. The van der Waals surface area contributed by atoms with Crippen LogP contribution in [0.25, 0.3) is 0 Å². The van der Waals surface area contributed by atoms with E-state index in [1.807, 2.05) is 0 Å². The lowest BCUT2D eigenvalue weighted by Crippen LogP contribution is -2.54. The quantitative estimate of drug-likeness (QED) is 0.720. The Morgan fingerprint density at radius 1 is 1.26 bits per heavy atom. The van der Waals surface area contributed by atoms with Crippen LogP contribution in [0.1, 0.15) is 39.5 Å². The Labute approximate surface area is 118 Å². The van der Waals surface area contributed by atoms with Crippen molar-refractivity contribution in [2.75, 3.05) is 45.9 Å². The third-order valence-electron chi connectivity index (χ3n) is 4.63. The fourth-order valence-corrected chi connectivity index (χ4v) is 3.44. The Hall–Kier alpha value is -0.160. The van der Waals surface area contributed by atoms with E-state index in [-0.39, 0.29) is 12.1 Å². The molecule has 2 atom stereocenters. The van der Waals surface area contributed by atoms with E-state index in [0.717, 1.165) is 25.6 Å². The predicted molar refractivity (Wildman–Crippen MR) is 79.4 cm³/mol. The second-order valence-electron chi connectivity index (χ2n) is 6.57. The number of aliphatic hydroxyl groups is 1. The molecule has 2 N–H and O–H groups in total. The number of aliphatic hydroxyl groups excluding tert-OH is 1. The highest BCUT2D eigenvalue weighted by Gasteiger charge is 2.33. The first-order chi connectivity index (χ1) is 9.17. The van der Waals surface area contributed by atoms with Gasteiger partial charge in [0, 0.05) is 19.1 Å². The van der Waals surface area contributed by atoms with Crippen molar-refractivity contribution in [2.45, 2.75) is 51.1 Å². The molecule has 2 aliphatic rings. The number of nitrogens with zero attached hydrogens (tertiary/aromatic N) is 2. The van der Waals surface area contributed by atoms with E-state index < -0.39 is 0 Å². The molecule has 0 saturated carbocycles. The van der Waals surface area contributed by atoms with Gasteiger partial charge in [0.1, 0.15) is 0 Å². The van der Waals surface area contributed by atoms with Crippen molar-refractivity contribution in [2.24, 2.45) is 0 Å². The highest BCUT2D eigenvalue weighted by molar-refractivity contribution is 4.92. The summed E-state index contributed by atoms with van der Waals surface area (Å²) in [5, 5.41) is 13.2. The van der Waals surface area contributed by atoms with Crippen LogP contribution in [0, 0.1) is 0 Å². The van der Waals surface area contributed by atoms with Gasteiger partial charge in [0.2, 0.25) is 0 Å². The van der Waals surface area contributed by atoms with E-state index >= 15 is 0 Å². The molecule has 2 unspecified atom stereocenters. The van der Waals surface area contributed by atoms with Crippen LogP contribution in [0.15, 0.2) is 0 Å². The van der Waals surface area contributed by atoms with Gasteiger partial charge in [-0.25, -0.2) is 0 Å². The van der Waals surface area contributed by atoms with E-state index in [1.165, 1.54) is 45.4 Å². The van der Waals surface area contributed by atoms with Gasteiger partial charge >= 0.3 is 0 Å². The maximum Gasteiger partial charge on any atom is 0.0623 e. The third kappa shape index (κ3) is 4.15. The molecule has 0 aromatic heterocycles. The van der Waals surface area contributed by atoms with E-state index in [9.17, 15) is 5.11 Å². The molecule has 4 nitrogen and oxygen atoms in total. The normalized spacial score (nSPS) is 28.9. The van der Waals surface area contributed by atoms with Crippen molar-refractivity contribution in [3.63, 3.8) is 0 Å². The van der Waals surface area contributed by atoms with Gasteiger partial charge < -0.3 is 10.4 Å². The Morgan fingerprint density at radius 3 is 2.63 bits per heavy atom. The molecule has 19 heavy (non-hydrogen) atoms. The maximum absolute atomic E-state index is 9.65. The largest absolute Gasteiger partial charge is 0.394 e. The fourth-order valence-electron chi connectivity index (χ4n) is 3.44. The van der Waals surface area contributed by atoms with E-state index in [0.29, 0.717) is 0 Å². The zero-order valence-electron chi connectivity index (χ0n) is 12.7. The first kappa shape index (κ1) is 15.2. The number of rotatable bonds is 7. The first-order valence-corrected chi connectivity index (χ1v) is 7.99. The summed E-state index contributed by atoms with van der Waals surface area (Å²) in [6, 6.07) is 0.761. The van der Waals surface area contributed by atoms with Crippen molar-refractivity contribution in [3.8, 4) is 0 Å². The summed E-state index contributed by atoms with van der Waals surface area (Å²) in [5.74, 6) is 0. The van der Waals surface area contributed by atoms with Crippen LogP contribution in [0.4, 0.5) is 0 Å². The molecule has 4 heteroatoms. The molecule has 0 bridgehead atoms. The van der Waals surface area contributed by atoms with Gasteiger partial charge in [0.05, 0.1) is 12.1 Å². The SMILES string of the molecule is CCCNC(C)(CO)CN1CCC(N2CCCC2)C1. The van der Waals surface area contributed by atoms with Gasteiger partial charge in [-0.15, -0.1) is 0 Å². The average molecular weight is 269 g/mol. The third-order valence-corrected chi connectivity index (χ3v) is 4.63. The second-order valence-corrected chi connectivity index (χ2v) is 6.57. The van der Waals surface area contributed by atoms with Crippen LogP contribution < -0.4 is 5.32 Å². The Kier molecular flexibility index (Phi) is 5.63. The minimum atomic E-state index is -0.143. The number of likely N-dealkylation sites (tertiary alicyclic amines) is 2. The van der Waals surface area contributed by atoms with Crippen LogP contribution in [0.2, 0.25) is 0 Å². The van der Waals surface area contributed by atoms with E-state index in [1.54, 1.807) is 0 Å². The van der Waals surface area contributed by atoms with Crippen molar-refractivity contribution in [3.05, 3.63) is 0 Å². The molecular formula is C15H31N3O. The van der Waals surface area contributed by atoms with Crippen molar-refractivity contribution in [1.82, 2.24) is 15.1 Å². The van der Waals surface area contributed by atoms with Gasteiger partial charge in [-0.1, -0.05) is 6.92 Å². The van der Waals surface area contributed by atoms with Crippen LogP contribution in [-0.4, -0.2) is 72.4 Å². The zero-order chi connectivity index (χ0) is 13.7. The average Bonchev–Trinajstić information content (AvgIpc) is 3.06. The molecule has 0 spiro atoms. The van der Waals surface area contributed by atoms with Gasteiger partial charge in [-0.2, -0.15) is 0 Å². The minimum Gasteiger partial charge on any atom is -0.394 e.